The summed E-state index contributed by atoms with van der Waals surface area (Å²) in [5, 5.41) is 3.63. The van der Waals surface area contributed by atoms with Gasteiger partial charge in [-0.2, -0.15) is 4.31 Å². The molecule has 0 spiro atoms. The molecule has 0 aromatic heterocycles. The Kier molecular flexibility index (Phi) is 5.70. The minimum absolute atomic E-state index is 0.192. The van der Waals surface area contributed by atoms with Gasteiger partial charge in [0.05, 0.1) is 6.61 Å². The fraction of sp³-hybridized carbons (Fsp3) is 0.647. The summed E-state index contributed by atoms with van der Waals surface area (Å²) in [4.78, 5) is 0.192. The molecule has 7 heteroatoms. The normalized spacial score (nSPS) is 20.8. The van der Waals surface area contributed by atoms with E-state index in [9.17, 15) is 8.42 Å². The molecule has 0 radical (unpaired) electrons. The molecule has 1 heterocycles. The second-order valence-corrected chi connectivity index (χ2v) is 9.01. The number of nitrogens with zero attached hydrogens (tertiary/aromatic N) is 1. The third-order valence-corrected chi connectivity index (χ3v) is 7.24. The monoisotopic (exact) mass is 372 g/mol. The van der Waals surface area contributed by atoms with E-state index in [4.69, 9.17) is 16.3 Å². The zero-order valence-corrected chi connectivity index (χ0v) is 15.6. The molecule has 0 bridgehead atoms. The fourth-order valence-corrected chi connectivity index (χ4v) is 5.06. The highest BCUT2D eigenvalue weighted by atomic mass is 35.5. The number of nitrogens with one attached hydrogen (secondary N) is 1. The van der Waals surface area contributed by atoms with Gasteiger partial charge in [0.25, 0.3) is 0 Å². The lowest BCUT2D eigenvalue weighted by atomic mass is 9.86. The van der Waals surface area contributed by atoms with E-state index in [0.29, 0.717) is 42.4 Å². The van der Waals surface area contributed by atoms with Crippen LogP contribution < -0.4 is 10.1 Å². The summed E-state index contributed by atoms with van der Waals surface area (Å²) < 4.78 is 33.5. The lowest BCUT2D eigenvalue weighted by Gasteiger charge is -2.31. The van der Waals surface area contributed by atoms with Crippen molar-refractivity contribution in [1.29, 1.82) is 0 Å². The molecular formula is C17H25ClN2O3S. The number of hydrogen-bond acceptors (Lipinski definition) is 4. The molecule has 0 atom stereocenters. The summed E-state index contributed by atoms with van der Waals surface area (Å²) >= 11 is 6.06. The van der Waals surface area contributed by atoms with Crippen LogP contribution in [0.25, 0.3) is 0 Å². The SMILES string of the molecule is CNC1CCN(S(=O)(=O)c2cc(Cl)ccc2OCC2CCC2)CC1. The highest BCUT2D eigenvalue weighted by Gasteiger charge is 2.31. The first kappa shape index (κ1) is 18.0. The molecule has 1 aromatic rings. The molecule has 3 rings (SSSR count). The van der Waals surface area contributed by atoms with E-state index in [0.717, 1.165) is 25.7 Å². The van der Waals surface area contributed by atoms with Crippen LogP contribution in [0.3, 0.4) is 0 Å². The van der Waals surface area contributed by atoms with Gasteiger partial charge in [-0.1, -0.05) is 18.0 Å². The van der Waals surface area contributed by atoms with Crippen LogP contribution in [-0.4, -0.2) is 45.5 Å². The van der Waals surface area contributed by atoms with Crippen molar-refractivity contribution in [3.8, 4) is 5.75 Å². The van der Waals surface area contributed by atoms with Gasteiger partial charge in [-0.3, -0.25) is 0 Å². The number of rotatable bonds is 6. The Balaban J connectivity index is 1.79. The minimum Gasteiger partial charge on any atom is -0.492 e. The van der Waals surface area contributed by atoms with Crippen molar-refractivity contribution in [3.05, 3.63) is 23.2 Å². The number of piperidine rings is 1. The number of halogens is 1. The molecule has 0 unspecified atom stereocenters. The van der Waals surface area contributed by atoms with Gasteiger partial charge in [0, 0.05) is 24.2 Å². The number of sulfonamides is 1. The van der Waals surface area contributed by atoms with Crippen molar-refractivity contribution in [3.63, 3.8) is 0 Å². The summed E-state index contributed by atoms with van der Waals surface area (Å²) in [6, 6.07) is 5.25. The molecule has 134 valence electrons. The molecule has 1 aromatic carbocycles. The van der Waals surface area contributed by atoms with Gasteiger partial charge in [-0.15, -0.1) is 0 Å². The summed E-state index contributed by atoms with van der Waals surface area (Å²) in [5.74, 6) is 0.963. The number of benzene rings is 1. The quantitative estimate of drug-likeness (QED) is 0.834. The van der Waals surface area contributed by atoms with Crippen LogP contribution in [-0.2, 0) is 10.0 Å². The maximum absolute atomic E-state index is 13.1. The van der Waals surface area contributed by atoms with Gasteiger partial charge in [0.15, 0.2) is 0 Å². The lowest BCUT2D eigenvalue weighted by molar-refractivity contribution is 0.177. The van der Waals surface area contributed by atoms with Crippen molar-refractivity contribution >= 4 is 21.6 Å². The first-order valence-electron chi connectivity index (χ1n) is 8.60. The Morgan fingerprint density at radius 2 is 1.96 bits per heavy atom. The summed E-state index contributed by atoms with van der Waals surface area (Å²) in [6.45, 7) is 1.61. The maximum atomic E-state index is 13.1. The summed E-state index contributed by atoms with van der Waals surface area (Å²) in [6.07, 6.45) is 5.18. The van der Waals surface area contributed by atoms with Gasteiger partial charge in [0.2, 0.25) is 10.0 Å². The van der Waals surface area contributed by atoms with Crippen LogP contribution in [0.1, 0.15) is 32.1 Å². The molecule has 2 fully saturated rings. The van der Waals surface area contributed by atoms with Crippen molar-refractivity contribution in [1.82, 2.24) is 9.62 Å². The second kappa shape index (κ2) is 7.60. The Bertz CT molecular complexity index is 668. The van der Waals surface area contributed by atoms with Gasteiger partial charge in [0.1, 0.15) is 10.6 Å². The zero-order chi connectivity index (χ0) is 17.2. The highest BCUT2D eigenvalue weighted by molar-refractivity contribution is 7.89. The fourth-order valence-electron chi connectivity index (χ4n) is 3.19. The summed E-state index contributed by atoms with van der Waals surface area (Å²) in [5.41, 5.74) is 0. The van der Waals surface area contributed by atoms with Gasteiger partial charge >= 0.3 is 0 Å². The second-order valence-electron chi connectivity index (χ2n) is 6.67. The smallest absolute Gasteiger partial charge is 0.246 e. The van der Waals surface area contributed by atoms with Crippen LogP contribution >= 0.6 is 11.6 Å². The molecule has 2 aliphatic rings. The molecule has 1 aliphatic heterocycles. The number of hydrogen-bond donors (Lipinski definition) is 1. The average Bonchev–Trinajstić information content (AvgIpc) is 2.54. The van der Waals surface area contributed by atoms with Crippen LogP contribution in [0.5, 0.6) is 5.75 Å². The molecule has 1 N–H and O–H groups in total. The zero-order valence-electron chi connectivity index (χ0n) is 14.0. The van der Waals surface area contributed by atoms with E-state index in [-0.39, 0.29) is 4.90 Å². The van der Waals surface area contributed by atoms with Crippen LogP contribution in [0.2, 0.25) is 5.02 Å². The third-order valence-electron chi connectivity index (χ3n) is 5.09. The van der Waals surface area contributed by atoms with Gasteiger partial charge in [-0.25, -0.2) is 8.42 Å². The first-order chi connectivity index (χ1) is 11.5. The van der Waals surface area contributed by atoms with Gasteiger partial charge < -0.3 is 10.1 Å². The highest BCUT2D eigenvalue weighted by Crippen LogP contribution is 2.33. The lowest BCUT2D eigenvalue weighted by Crippen LogP contribution is -2.43. The molecule has 1 saturated carbocycles. The van der Waals surface area contributed by atoms with Crippen molar-refractivity contribution in [2.45, 2.75) is 43.0 Å². The molecular weight excluding hydrogens is 348 g/mol. The average molecular weight is 373 g/mol. The van der Waals surface area contributed by atoms with Gasteiger partial charge in [-0.05, 0) is 56.8 Å². The molecule has 1 saturated heterocycles. The topological polar surface area (TPSA) is 58.6 Å². The first-order valence-corrected chi connectivity index (χ1v) is 10.4. The van der Waals surface area contributed by atoms with Crippen molar-refractivity contribution < 1.29 is 13.2 Å². The number of ether oxygens (including phenoxy) is 1. The Hall–Kier alpha value is -0.820. The van der Waals surface area contributed by atoms with Crippen LogP contribution in [0.4, 0.5) is 0 Å². The van der Waals surface area contributed by atoms with Crippen molar-refractivity contribution in [2.24, 2.45) is 5.92 Å². The van der Waals surface area contributed by atoms with E-state index < -0.39 is 10.0 Å². The van der Waals surface area contributed by atoms with Crippen LogP contribution in [0, 0.1) is 5.92 Å². The molecule has 1 aliphatic carbocycles. The van der Waals surface area contributed by atoms with E-state index in [1.807, 2.05) is 7.05 Å². The van der Waals surface area contributed by atoms with E-state index in [2.05, 4.69) is 5.32 Å². The maximum Gasteiger partial charge on any atom is 0.246 e. The summed E-state index contributed by atoms with van der Waals surface area (Å²) in [7, 11) is -1.67. The van der Waals surface area contributed by atoms with E-state index in [1.54, 1.807) is 16.4 Å². The van der Waals surface area contributed by atoms with Crippen molar-refractivity contribution in [2.75, 3.05) is 26.7 Å². The largest absolute Gasteiger partial charge is 0.492 e. The Morgan fingerprint density at radius 1 is 1.25 bits per heavy atom. The predicted molar refractivity (Wildman–Crippen MR) is 95.1 cm³/mol. The molecule has 0 amide bonds. The van der Waals surface area contributed by atoms with Crippen LogP contribution in [0.15, 0.2) is 23.1 Å². The Labute approximate surface area is 149 Å². The molecule has 24 heavy (non-hydrogen) atoms. The standard InChI is InChI=1S/C17H25ClN2O3S/c1-19-15-7-9-20(10-8-15)24(21,22)17-11-14(18)5-6-16(17)23-12-13-3-2-4-13/h5-6,11,13,15,19H,2-4,7-10,12H2,1H3. The Morgan fingerprint density at radius 3 is 2.54 bits per heavy atom. The third kappa shape index (κ3) is 3.87. The molecule has 5 nitrogen and oxygen atoms in total. The van der Waals surface area contributed by atoms with E-state index >= 15 is 0 Å². The minimum atomic E-state index is -3.59. The predicted octanol–water partition coefficient (Wildman–Crippen LogP) is 2.89. The van der Waals surface area contributed by atoms with E-state index in [1.165, 1.54) is 12.5 Å².